The van der Waals surface area contributed by atoms with Crippen LogP contribution in [-0.4, -0.2) is 0 Å². The van der Waals surface area contributed by atoms with Crippen LogP contribution in [0.5, 0.6) is 11.5 Å². The molecule has 0 saturated carbocycles. The maximum atomic E-state index is 6.07. The van der Waals surface area contributed by atoms with Gasteiger partial charge in [0.2, 0.25) is 0 Å². The van der Waals surface area contributed by atoms with E-state index in [0.717, 1.165) is 6.42 Å². The maximum absolute atomic E-state index is 6.07. The SMILES string of the molecule is CCc1cccc(Oc2c(Cl)cc(N)cc2Cl)c1. The standard InChI is InChI=1S/C14H13Cl2NO/c1-2-9-4-3-5-11(6-9)18-14-12(15)7-10(17)8-13(14)16/h3-8H,2,17H2,1H3. The third kappa shape index (κ3) is 2.89. The number of rotatable bonds is 3. The molecule has 2 N–H and O–H groups in total. The van der Waals surface area contributed by atoms with Gasteiger partial charge in [0.15, 0.2) is 5.75 Å². The minimum absolute atomic E-state index is 0.405. The van der Waals surface area contributed by atoms with Crippen molar-refractivity contribution in [3.8, 4) is 11.5 Å². The average Bonchev–Trinajstić information content (AvgIpc) is 2.34. The molecular formula is C14H13Cl2NO. The van der Waals surface area contributed by atoms with Gasteiger partial charge in [0.25, 0.3) is 0 Å². The zero-order valence-corrected chi connectivity index (χ0v) is 11.4. The molecule has 0 radical (unpaired) electrons. The van der Waals surface area contributed by atoms with E-state index in [1.54, 1.807) is 12.1 Å². The number of anilines is 1. The first-order valence-electron chi connectivity index (χ1n) is 5.61. The van der Waals surface area contributed by atoms with Crippen LogP contribution in [0.25, 0.3) is 0 Å². The van der Waals surface area contributed by atoms with E-state index in [4.69, 9.17) is 33.7 Å². The van der Waals surface area contributed by atoms with Crippen molar-refractivity contribution in [1.82, 2.24) is 0 Å². The first-order valence-corrected chi connectivity index (χ1v) is 6.37. The van der Waals surface area contributed by atoms with Gasteiger partial charge in [-0.3, -0.25) is 0 Å². The first-order chi connectivity index (χ1) is 8.60. The molecule has 18 heavy (non-hydrogen) atoms. The summed E-state index contributed by atoms with van der Waals surface area (Å²) in [7, 11) is 0. The third-order valence-corrected chi connectivity index (χ3v) is 3.11. The molecule has 2 aromatic rings. The highest BCUT2D eigenvalue weighted by Crippen LogP contribution is 2.38. The van der Waals surface area contributed by atoms with Gasteiger partial charge in [-0.1, -0.05) is 42.3 Å². The van der Waals surface area contributed by atoms with E-state index >= 15 is 0 Å². The molecule has 0 fully saturated rings. The van der Waals surface area contributed by atoms with E-state index in [-0.39, 0.29) is 0 Å². The van der Waals surface area contributed by atoms with Gasteiger partial charge in [-0.25, -0.2) is 0 Å². The number of nitrogens with two attached hydrogens (primary N) is 1. The Morgan fingerprint density at radius 2 is 1.78 bits per heavy atom. The topological polar surface area (TPSA) is 35.2 Å². The minimum Gasteiger partial charge on any atom is -0.454 e. The highest BCUT2D eigenvalue weighted by molar-refractivity contribution is 6.37. The van der Waals surface area contributed by atoms with Crippen molar-refractivity contribution in [1.29, 1.82) is 0 Å². The summed E-state index contributed by atoms with van der Waals surface area (Å²) in [5.41, 5.74) is 7.35. The van der Waals surface area contributed by atoms with Crippen LogP contribution in [-0.2, 0) is 6.42 Å². The van der Waals surface area contributed by atoms with E-state index in [0.29, 0.717) is 27.2 Å². The summed E-state index contributed by atoms with van der Waals surface area (Å²) in [6.45, 7) is 2.09. The van der Waals surface area contributed by atoms with Gasteiger partial charge in [-0.2, -0.15) is 0 Å². The Hall–Kier alpha value is -1.38. The lowest BCUT2D eigenvalue weighted by molar-refractivity contribution is 0.482. The quantitative estimate of drug-likeness (QED) is 0.810. The Morgan fingerprint density at radius 3 is 2.39 bits per heavy atom. The average molecular weight is 282 g/mol. The summed E-state index contributed by atoms with van der Waals surface area (Å²) in [6, 6.07) is 11.0. The molecule has 0 unspecified atom stereocenters. The Bertz CT molecular complexity index is 546. The second kappa shape index (κ2) is 5.51. The Balaban J connectivity index is 2.33. The number of halogens is 2. The fourth-order valence-corrected chi connectivity index (χ4v) is 2.20. The molecule has 0 aliphatic heterocycles. The van der Waals surface area contributed by atoms with Crippen molar-refractivity contribution in [2.24, 2.45) is 0 Å². The van der Waals surface area contributed by atoms with E-state index in [1.807, 2.05) is 24.3 Å². The van der Waals surface area contributed by atoms with Crippen molar-refractivity contribution < 1.29 is 4.74 Å². The second-order valence-electron chi connectivity index (χ2n) is 3.92. The number of hydrogen-bond acceptors (Lipinski definition) is 2. The molecule has 2 nitrogen and oxygen atoms in total. The second-order valence-corrected chi connectivity index (χ2v) is 4.73. The van der Waals surface area contributed by atoms with E-state index < -0.39 is 0 Å². The smallest absolute Gasteiger partial charge is 0.164 e. The summed E-state index contributed by atoms with van der Waals surface area (Å²) in [6.07, 6.45) is 0.945. The largest absolute Gasteiger partial charge is 0.454 e. The van der Waals surface area contributed by atoms with Crippen LogP contribution in [0.1, 0.15) is 12.5 Å². The van der Waals surface area contributed by atoms with Gasteiger partial charge >= 0.3 is 0 Å². The van der Waals surface area contributed by atoms with Gasteiger partial charge in [0.05, 0.1) is 10.0 Å². The predicted octanol–water partition coefficient (Wildman–Crippen LogP) is 4.93. The molecule has 0 atom stereocenters. The monoisotopic (exact) mass is 281 g/mol. The molecule has 0 aliphatic rings. The molecule has 4 heteroatoms. The van der Waals surface area contributed by atoms with Crippen molar-refractivity contribution >= 4 is 28.9 Å². The van der Waals surface area contributed by atoms with Crippen molar-refractivity contribution in [3.05, 3.63) is 52.0 Å². The van der Waals surface area contributed by atoms with Crippen LogP contribution in [0.15, 0.2) is 36.4 Å². The van der Waals surface area contributed by atoms with Crippen molar-refractivity contribution in [2.45, 2.75) is 13.3 Å². The summed E-state index contributed by atoms with van der Waals surface area (Å²) in [5, 5.41) is 0.809. The highest BCUT2D eigenvalue weighted by Gasteiger charge is 2.10. The molecule has 2 aromatic carbocycles. The summed E-state index contributed by atoms with van der Waals surface area (Å²) < 4.78 is 5.72. The Morgan fingerprint density at radius 1 is 1.11 bits per heavy atom. The van der Waals surface area contributed by atoms with E-state index in [2.05, 4.69) is 6.92 Å². The Kier molecular flexibility index (Phi) is 4.00. The minimum atomic E-state index is 0.405. The number of ether oxygens (including phenoxy) is 1. The van der Waals surface area contributed by atoms with Gasteiger partial charge in [0.1, 0.15) is 5.75 Å². The molecule has 0 aromatic heterocycles. The normalized spacial score (nSPS) is 10.4. The van der Waals surface area contributed by atoms with E-state index in [9.17, 15) is 0 Å². The molecule has 0 aliphatic carbocycles. The van der Waals surface area contributed by atoms with Gasteiger partial charge in [-0.15, -0.1) is 0 Å². The molecule has 94 valence electrons. The number of aryl methyl sites for hydroxylation is 1. The lowest BCUT2D eigenvalue weighted by Gasteiger charge is -2.11. The molecule has 0 spiro atoms. The van der Waals surface area contributed by atoms with Crippen molar-refractivity contribution in [2.75, 3.05) is 5.73 Å². The zero-order valence-electron chi connectivity index (χ0n) is 9.91. The van der Waals surface area contributed by atoms with Crippen LogP contribution in [0.2, 0.25) is 10.0 Å². The Labute approximate surface area is 116 Å². The third-order valence-electron chi connectivity index (χ3n) is 2.55. The molecule has 0 heterocycles. The van der Waals surface area contributed by atoms with Crippen LogP contribution < -0.4 is 10.5 Å². The fraction of sp³-hybridized carbons (Fsp3) is 0.143. The molecular weight excluding hydrogens is 269 g/mol. The van der Waals surface area contributed by atoms with Gasteiger partial charge in [-0.05, 0) is 36.2 Å². The fourth-order valence-electron chi connectivity index (χ4n) is 1.62. The molecule has 0 saturated heterocycles. The lowest BCUT2D eigenvalue weighted by atomic mass is 10.2. The lowest BCUT2D eigenvalue weighted by Crippen LogP contribution is -1.91. The molecule has 0 bridgehead atoms. The maximum Gasteiger partial charge on any atom is 0.164 e. The number of hydrogen-bond donors (Lipinski definition) is 1. The predicted molar refractivity (Wildman–Crippen MR) is 76.8 cm³/mol. The van der Waals surface area contributed by atoms with Crippen LogP contribution in [0.3, 0.4) is 0 Å². The first kappa shape index (κ1) is 13.1. The van der Waals surface area contributed by atoms with Crippen LogP contribution in [0.4, 0.5) is 5.69 Å². The molecule has 0 amide bonds. The van der Waals surface area contributed by atoms with Crippen LogP contribution in [0, 0.1) is 0 Å². The highest BCUT2D eigenvalue weighted by atomic mass is 35.5. The zero-order chi connectivity index (χ0) is 13.1. The van der Waals surface area contributed by atoms with Gasteiger partial charge < -0.3 is 10.5 Å². The van der Waals surface area contributed by atoms with Crippen molar-refractivity contribution in [3.63, 3.8) is 0 Å². The summed E-state index contributed by atoms with van der Waals surface area (Å²) in [4.78, 5) is 0. The van der Waals surface area contributed by atoms with Crippen LogP contribution >= 0.6 is 23.2 Å². The van der Waals surface area contributed by atoms with E-state index in [1.165, 1.54) is 5.56 Å². The molecule has 2 rings (SSSR count). The summed E-state index contributed by atoms with van der Waals surface area (Å²) >= 11 is 12.1. The summed E-state index contributed by atoms with van der Waals surface area (Å²) in [5.74, 6) is 1.14. The van der Waals surface area contributed by atoms with Gasteiger partial charge in [0, 0.05) is 5.69 Å². The number of benzene rings is 2. The number of nitrogen functional groups attached to an aromatic ring is 1.